The molecule has 112 valence electrons. The standard InChI is InChI=1S/C18H28O2/c1-18(2,3)14-6-8-15(9-7-14)20-17(19)16-11-12-4-5-13(16)10-12/h4,13-16H,5-11H2,1-3H3. The molecule has 0 saturated heterocycles. The summed E-state index contributed by atoms with van der Waals surface area (Å²) in [7, 11) is 0. The summed E-state index contributed by atoms with van der Waals surface area (Å²) in [6.07, 6.45) is 10.3. The Labute approximate surface area is 123 Å². The van der Waals surface area contributed by atoms with Crippen molar-refractivity contribution >= 4 is 5.97 Å². The Morgan fingerprint density at radius 3 is 2.35 bits per heavy atom. The molecule has 0 heterocycles. The van der Waals surface area contributed by atoms with Crippen molar-refractivity contribution in [3.05, 3.63) is 11.6 Å². The third-order valence-electron chi connectivity index (χ3n) is 5.77. The number of rotatable bonds is 2. The molecule has 3 aliphatic carbocycles. The molecule has 0 aliphatic heterocycles. The number of fused-ring (bicyclic) bond motifs is 2. The Morgan fingerprint density at radius 1 is 1.15 bits per heavy atom. The molecule has 0 aromatic heterocycles. The van der Waals surface area contributed by atoms with E-state index in [0.717, 1.165) is 38.0 Å². The molecule has 0 spiro atoms. The summed E-state index contributed by atoms with van der Waals surface area (Å²) in [5, 5.41) is 0. The van der Waals surface area contributed by atoms with Crippen LogP contribution in [0.15, 0.2) is 11.6 Å². The molecule has 2 bridgehead atoms. The third-order valence-corrected chi connectivity index (χ3v) is 5.77. The van der Waals surface area contributed by atoms with Crippen LogP contribution in [0.5, 0.6) is 0 Å². The van der Waals surface area contributed by atoms with Crippen molar-refractivity contribution in [1.29, 1.82) is 0 Å². The number of ether oxygens (including phenoxy) is 1. The number of hydrogen-bond acceptors (Lipinski definition) is 2. The molecule has 2 saturated carbocycles. The minimum atomic E-state index is 0.0947. The van der Waals surface area contributed by atoms with Crippen LogP contribution in [-0.2, 0) is 9.53 Å². The van der Waals surface area contributed by atoms with Gasteiger partial charge in [0.05, 0.1) is 5.92 Å². The highest BCUT2D eigenvalue weighted by Gasteiger charge is 2.40. The van der Waals surface area contributed by atoms with E-state index < -0.39 is 0 Å². The van der Waals surface area contributed by atoms with Gasteiger partial charge in [-0.15, -0.1) is 0 Å². The van der Waals surface area contributed by atoms with E-state index in [9.17, 15) is 4.79 Å². The monoisotopic (exact) mass is 276 g/mol. The number of carbonyl (C=O) groups is 1. The highest BCUT2D eigenvalue weighted by molar-refractivity contribution is 5.74. The Balaban J connectivity index is 1.48. The van der Waals surface area contributed by atoms with E-state index in [0.29, 0.717) is 11.3 Å². The first-order chi connectivity index (χ1) is 9.43. The Morgan fingerprint density at radius 2 is 1.85 bits per heavy atom. The van der Waals surface area contributed by atoms with Gasteiger partial charge in [0.2, 0.25) is 0 Å². The van der Waals surface area contributed by atoms with Crippen molar-refractivity contribution in [3.63, 3.8) is 0 Å². The number of carbonyl (C=O) groups excluding carboxylic acids is 1. The topological polar surface area (TPSA) is 26.3 Å². The Hall–Kier alpha value is -0.790. The average molecular weight is 276 g/mol. The minimum Gasteiger partial charge on any atom is -0.462 e. The SMILES string of the molecule is CC(C)(C)C1CCC(OC(=O)C2CC3=CCC2C3)CC1. The highest BCUT2D eigenvalue weighted by atomic mass is 16.5. The van der Waals surface area contributed by atoms with Gasteiger partial charge in [-0.05, 0) is 62.2 Å². The maximum Gasteiger partial charge on any atom is 0.309 e. The van der Waals surface area contributed by atoms with E-state index >= 15 is 0 Å². The van der Waals surface area contributed by atoms with Crippen LogP contribution >= 0.6 is 0 Å². The molecule has 2 fully saturated rings. The molecule has 2 nitrogen and oxygen atoms in total. The maximum atomic E-state index is 12.3. The van der Waals surface area contributed by atoms with Crippen LogP contribution in [0.3, 0.4) is 0 Å². The molecule has 2 heteroatoms. The quantitative estimate of drug-likeness (QED) is 0.548. The zero-order chi connectivity index (χ0) is 14.3. The molecule has 2 atom stereocenters. The van der Waals surface area contributed by atoms with Gasteiger partial charge in [0.15, 0.2) is 0 Å². The van der Waals surface area contributed by atoms with Crippen molar-refractivity contribution in [2.75, 3.05) is 0 Å². The second kappa shape index (κ2) is 5.20. The largest absolute Gasteiger partial charge is 0.462 e. The van der Waals surface area contributed by atoms with Crippen molar-refractivity contribution < 1.29 is 9.53 Å². The van der Waals surface area contributed by atoms with Gasteiger partial charge in [0.25, 0.3) is 0 Å². The lowest BCUT2D eigenvalue weighted by Crippen LogP contribution is -2.32. The summed E-state index contributed by atoms with van der Waals surface area (Å²) < 4.78 is 5.82. The van der Waals surface area contributed by atoms with Gasteiger partial charge in [-0.25, -0.2) is 0 Å². The van der Waals surface area contributed by atoms with Crippen molar-refractivity contribution in [1.82, 2.24) is 0 Å². The van der Waals surface area contributed by atoms with E-state index in [1.165, 1.54) is 18.4 Å². The molecule has 0 radical (unpaired) electrons. The predicted molar refractivity (Wildman–Crippen MR) is 80.2 cm³/mol. The molecular weight excluding hydrogens is 248 g/mol. The minimum absolute atomic E-state index is 0.0947. The molecule has 0 N–H and O–H groups in total. The van der Waals surface area contributed by atoms with E-state index in [-0.39, 0.29) is 18.0 Å². The molecule has 0 aromatic rings. The van der Waals surface area contributed by atoms with Crippen LogP contribution in [-0.4, -0.2) is 12.1 Å². The summed E-state index contributed by atoms with van der Waals surface area (Å²) in [5.74, 6) is 1.61. The molecule has 0 aromatic carbocycles. The van der Waals surface area contributed by atoms with Gasteiger partial charge < -0.3 is 4.74 Å². The van der Waals surface area contributed by atoms with Gasteiger partial charge >= 0.3 is 5.97 Å². The normalized spacial score (nSPS) is 36.9. The first kappa shape index (κ1) is 14.2. The second-order valence-electron chi connectivity index (χ2n) is 8.15. The lowest BCUT2D eigenvalue weighted by Gasteiger charge is -2.37. The zero-order valence-corrected chi connectivity index (χ0v) is 13.2. The molecule has 0 amide bonds. The number of esters is 1. The van der Waals surface area contributed by atoms with E-state index in [4.69, 9.17) is 4.74 Å². The van der Waals surface area contributed by atoms with Crippen LogP contribution in [0.4, 0.5) is 0 Å². The van der Waals surface area contributed by atoms with Gasteiger partial charge in [0, 0.05) is 0 Å². The summed E-state index contributed by atoms with van der Waals surface area (Å²) in [6, 6.07) is 0. The van der Waals surface area contributed by atoms with Crippen LogP contribution < -0.4 is 0 Å². The van der Waals surface area contributed by atoms with Crippen LogP contribution in [0.25, 0.3) is 0 Å². The van der Waals surface area contributed by atoms with E-state index in [2.05, 4.69) is 26.8 Å². The summed E-state index contributed by atoms with van der Waals surface area (Å²) in [4.78, 5) is 12.3. The van der Waals surface area contributed by atoms with Crippen molar-refractivity contribution in [2.45, 2.75) is 71.8 Å². The Bertz CT molecular complexity index is 408. The smallest absolute Gasteiger partial charge is 0.309 e. The molecule has 2 unspecified atom stereocenters. The lowest BCUT2D eigenvalue weighted by molar-refractivity contribution is -0.157. The maximum absolute atomic E-state index is 12.3. The van der Waals surface area contributed by atoms with Gasteiger partial charge in [-0.2, -0.15) is 0 Å². The van der Waals surface area contributed by atoms with E-state index in [1.54, 1.807) is 0 Å². The van der Waals surface area contributed by atoms with Gasteiger partial charge in [-0.1, -0.05) is 32.4 Å². The Kier molecular flexibility index (Phi) is 3.68. The third kappa shape index (κ3) is 2.80. The lowest BCUT2D eigenvalue weighted by atomic mass is 9.72. The van der Waals surface area contributed by atoms with Gasteiger partial charge in [0.1, 0.15) is 6.10 Å². The predicted octanol–water partition coefficient (Wildman–Crippen LogP) is 4.49. The van der Waals surface area contributed by atoms with Crippen LogP contribution in [0.1, 0.15) is 65.7 Å². The van der Waals surface area contributed by atoms with Crippen molar-refractivity contribution in [2.24, 2.45) is 23.2 Å². The van der Waals surface area contributed by atoms with Crippen LogP contribution in [0.2, 0.25) is 0 Å². The van der Waals surface area contributed by atoms with Crippen molar-refractivity contribution in [3.8, 4) is 0 Å². The molecule has 3 aliphatic rings. The molecular formula is C18H28O2. The second-order valence-corrected chi connectivity index (χ2v) is 8.15. The van der Waals surface area contributed by atoms with Gasteiger partial charge in [-0.3, -0.25) is 4.79 Å². The fraction of sp³-hybridized carbons (Fsp3) is 0.833. The summed E-state index contributed by atoms with van der Waals surface area (Å²) in [6.45, 7) is 6.98. The molecule has 3 rings (SSSR count). The first-order valence-corrected chi connectivity index (χ1v) is 8.32. The molecule has 20 heavy (non-hydrogen) atoms. The number of hydrogen-bond donors (Lipinski definition) is 0. The first-order valence-electron chi connectivity index (χ1n) is 8.32. The fourth-order valence-electron chi connectivity index (χ4n) is 4.32. The highest BCUT2D eigenvalue weighted by Crippen LogP contribution is 2.45. The fourth-order valence-corrected chi connectivity index (χ4v) is 4.32. The van der Waals surface area contributed by atoms with E-state index in [1.807, 2.05) is 0 Å². The summed E-state index contributed by atoms with van der Waals surface area (Å²) >= 11 is 0. The number of allylic oxidation sites excluding steroid dienone is 2. The average Bonchev–Trinajstić information content (AvgIpc) is 3.00. The summed E-state index contributed by atoms with van der Waals surface area (Å²) in [5.41, 5.74) is 1.89. The van der Waals surface area contributed by atoms with Crippen LogP contribution in [0, 0.1) is 23.2 Å². The zero-order valence-electron chi connectivity index (χ0n) is 13.2.